The van der Waals surface area contributed by atoms with Gasteiger partial charge in [-0.2, -0.15) is 0 Å². The van der Waals surface area contributed by atoms with Gasteiger partial charge in [-0.25, -0.2) is 0 Å². The van der Waals surface area contributed by atoms with Crippen LogP contribution in [0.15, 0.2) is 11.1 Å². The summed E-state index contributed by atoms with van der Waals surface area (Å²) in [4.78, 5) is 11.2. The molecule has 1 saturated heterocycles. The molecule has 0 aromatic carbocycles. The highest BCUT2D eigenvalue weighted by Gasteiger charge is 2.38. The monoisotopic (exact) mass is 179 g/mol. The fraction of sp³-hybridized carbons (Fsp3) is 0.727. The van der Waals surface area contributed by atoms with E-state index in [1.807, 2.05) is 0 Å². The van der Waals surface area contributed by atoms with Crippen molar-refractivity contribution in [3.63, 3.8) is 0 Å². The van der Waals surface area contributed by atoms with Crippen LogP contribution in [0.4, 0.5) is 0 Å². The Bertz CT molecular complexity index is 267. The maximum atomic E-state index is 11.2. The van der Waals surface area contributed by atoms with Crippen molar-refractivity contribution in [1.82, 2.24) is 5.32 Å². The average Bonchev–Trinajstić information content (AvgIpc) is 2.09. The molecule has 72 valence electrons. The van der Waals surface area contributed by atoms with Gasteiger partial charge in [0.2, 0.25) is 5.91 Å². The number of nitrogens with one attached hydrogen (secondary N) is 1. The fourth-order valence-electron chi connectivity index (χ4n) is 2.25. The molecule has 0 radical (unpaired) electrons. The first-order chi connectivity index (χ1) is 6.18. The highest BCUT2D eigenvalue weighted by Crippen LogP contribution is 2.31. The zero-order valence-electron chi connectivity index (χ0n) is 8.39. The Kier molecular flexibility index (Phi) is 2.14. The molecule has 1 fully saturated rings. The summed E-state index contributed by atoms with van der Waals surface area (Å²) in [5, 5.41) is 2.99. The van der Waals surface area contributed by atoms with Gasteiger partial charge >= 0.3 is 0 Å². The molecule has 1 amide bonds. The molecule has 2 aliphatic rings. The van der Waals surface area contributed by atoms with E-state index in [0.717, 1.165) is 25.7 Å². The first-order valence-corrected chi connectivity index (χ1v) is 5.14. The highest BCUT2D eigenvalue weighted by molar-refractivity contribution is 5.85. The van der Waals surface area contributed by atoms with Gasteiger partial charge in [0.25, 0.3) is 0 Å². The van der Waals surface area contributed by atoms with E-state index in [1.165, 1.54) is 11.1 Å². The van der Waals surface area contributed by atoms with Crippen LogP contribution in [0, 0.1) is 5.92 Å². The predicted molar refractivity (Wildman–Crippen MR) is 52.3 cm³/mol. The second-order valence-electron chi connectivity index (χ2n) is 4.36. The van der Waals surface area contributed by atoms with Crippen LogP contribution in [-0.4, -0.2) is 11.9 Å². The van der Waals surface area contributed by atoms with Crippen LogP contribution in [0.2, 0.25) is 0 Å². The van der Waals surface area contributed by atoms with Crippen LogP contribution in [0.5, 0.6) is 0 Å². The van der Waals surface area contributed by atoms with Crippen molar-refractivity contribution in [2.75, 3.05) is 0 Å². The van der Waals surface area contributed by atoms with Gasteiger partial charge in [-0.1, -0.05) is 11.1 Å². The maximum absolute atomic E-state index is 11.2. The number of fused-ring (bicyclic) bond motifs is 1. The zero-order chi connectivity index (χ0) is 9.42. The van der Waals surface area contributed by atoms with Crippen LogP contribution in [0.25, 0.3) is 0 Å². The van der Waals surface area contributed by atoms with Crippen molar-refractivity contribution in [2.24, 2.45) is 5.92 Å². The lowest BCUT2D eigenvalue weighted by molar-refractivity contribution is -0.135. The van der Waals surface area contributed by atoms with E-state index >= 15 is 0 Å². The minimum atomic E-state index is 0.275. The van der Waals surface area contributed by atoms with Gasteiger partial charge in [0.1, 0.15) is 0 Å². The zero-order valence-corrected chi connectivity index (χ0v) is 8.39. The summed E-state index contributed by atoms with van der Waals surface area (Å²) < 4.78 is 0. The summed E-state index contributed by atoms with van der Waals surface area (Å²) in [6.07, 6.45) is 4.47. The van der Waals surface area contributed by atoms with Crippen LogP contribution >= 0.6 is 0 Å². The van der Waals surface area contributed by atoms with Crippen molar-refractivity contribution in [1.29, 1.82) is 0 Å². The summed E-state index contributed by atoms with van der Waals surface area (Å²) >= 11 is 0. The van der Waals surface area contributed by atoms with E-state index in [4.69, 9.17) is 0 Å². The first kappa shape index (κ1) is 8.79. The fourth-order valence-corrected chi connectivity index (χ4v) is 2.25. The van der Waals surface area contributed by atoms with Crippen molar-refractivity contribution in [3.05, 3.63) is 11.1 Å². The molecular formula is C11H17NO. The number of carbonyl (C=O) groups is 1. The van der Waals surface area contributed by atoms with Gasteiger partial charge in [-0.05, 0) is 39.5 Å². The van der Waals surface area contributed by atoms with Gasteiger partial charge in [-0.3, -0.25) is 4.79 Å². The Morgan fingerprint density at radius 2 is 1.77 bits per heavy atom. The molecule has 2 atom stereocenters. The minimum absolute atomic E-state index is 0.275. The Morgan fingerprint density at radius 1 is 1.15 bits per heavy atom. The Morgan fingerprint density at radius 3 is 2.38 bits per heavy atom. The lowest BCUT2D eigenvalue weighted by Crippen LogP contribution is -2.58. The Hall–Kier alpha value is -0.790. The molecule has 1 heterocycles. The summed E-state index contributed by atoms with van der Waals surface area (Å²) in [5.41, 5.74) is 3.03. The molecule has 0 aromatic heterocycles. The van der Waals surface area contributed by atoms with E-state index in [2.05, 4.69) is 19.2 Å². The van der Waals surface area contributed by atoms with Gasteiger partial charge in [0.05, 0.1) is 5.92 Å². The Labute approximate surface area is 79.4 Å². The number of rotatable bonds is 0. The van der Waals surface area contributed by atoms with Crippen LogP contribution < -0.4 is 5.32 Å². The quantitative estimate of drug-likeness (QED) is 0.447. The third-order valence-electron chi connectivity index (χ3n) is 3.54. The van der Waals surface area contributed by atoms with Crippen molar-refractivity contribution >= 4 is 5.91 Å². The lowest BCUT2D eigenvalue weighted by atomic mass is 9.79. The van der Waals surface area contributed by atoms with Crippen LogP contribution in [0.1, 0.15) is 39.5 Å². The second kappa shape index (κ2) is 3.17. The van der Waals surface area contributed by atoms with Crippen LogP contribution in [-0.2, 0) is 4.79 Å². The summed E-state index contributed by atoms with van der Waals surface area (Å²) in [6.45, 7) is 4.42. The van der Waals surface area contributed by atoms with Gasteiger partial charge < -0.3 is 5.32 Å². The molecule has 1 N–H and O–H groups in total. The molecule has 2 rings (SSSR count). The van der Waals surface area contributed by atoms with Gasteiger partial charge in [0.15, 0.2) is 0 Å². The molecule has 13 heavy (non-hydrogen) atoms. The topological polar surface area (TPSA) is 29.1 Å². The van der Waals surface area contributed by atoms with E-state index in [9.17, 15) is 4.79 Å². The molecule has 2 nitrogen and oxygen atoms in total. The number of allylic oxidation sites excluding steroid dienone is 2. The van der Waals surface area contributed by atoms with E-state index < -0.39 is 0 Å². The molecule has 0 saturated carbocycles. The second-order valence-corrected chi connectivity index (χ2v) is 4.36. The van der Waals surface area contributed by atoms with E-state index in [1.54, 1.807) is 0 Å². The molecule has 1 aliphatic carbocycles. The largest absolute Gasteiger partial charge is 0.352 e. The maximum Gasteiger partial charge on any atom is 0.225 e. The number of hydrogen-bond donors (Lipinski definition) is 1. The predicted octanol–water partition coefficient (Wildman–Crippen LogP) is 2.01. The standard InChI is InChI=1S/C11H17NO/c1-7-3-5-9-10(12-11(9)13)6-4-8(7)2/h9-10H,3-6H2,1-2H3,(H,12,13)/b8-7-/t9?,10-/m1/s1. The molecule has 2 heteroatoms. The summed E-state index contributed by atoms with van der Waals surface area (Å²) in [7, 11) is 0. The Balaban J connectivity index is 2.07. The van der Waals surface area contributed by atoms with E-state index in [0.29, 0.717) is 12.0 Å². The summed E-state index contributed by atoms with van der Waals surface area (Å²) in [5.74, 6) is 0.598. The van der Waals surface area contributed by atoms with Crippen molar-refractivity contribution < 1.29 is 4.79 Å². The van der Waals surface area contributed by atoms with Crippen molar-refractivity contribution in [2.45, 2.75) is 45.6 Å². The first-order valence-electron chi connectivity index (χ1n) is 5.14. The molecular weight excluding hydrogens is 162 g/mol. The smallest absolute Gasteiger partial charge is 0.225 e. The van der Waals surface area contributed by atoms with Crippen LogP contribution in [0.3, 0.4) is 0 Å². The molecule has 0 spiro atoms. The van der Waals surface area contributed by atoms with Gasteiger partial charge in [0, 0.05) is 6.04 Å². The number of hydrogen-bond acceptors (Lipinski definition) is 1. The van der Waals surface area contributed by atoms with Gasteiger partial charge in [-0.15, -0.1) is 0 Å². The number of amides is 1. The number of β-lactam (4-membered cyclic amide) rings is 1. The summed E-state index contributed by atoms with van der Waals surface area (Å²) in [6, 6.07) is 0.482. The highest BCUT2D eigenvalue weighted by atomic mass is 16.2. The molecule has 1 aliphatic heterocycles. The molecule has 1 unspecified atom stereocenters. The third kappa shape index (κ3) is 1.50. The minimum Gasteiger partial charge on any atom is -0.352 e. The SMILES string of the molecule is C/C1=C(\C)CC[C@H]2NC(=O)C2CC1. The lowest BCUT2D eigenvalue weighted by Gasteiger charge is -2.38. The van der Waals surface area contributed by atoms with Crippen molar-refractivity contribution in [3.8, 4) is 0 Å². The average molecular weight is 179 g/mol. The molecule has 0 bridgehead atoms. The molecule has 0 aromatic rings. The normalized spacial score (nSPS) is 39.7. The number of carbonyl (C=O) groups excluding carboxylic acids is 1. The van der Waals surface area contributed by atoms with E-state index in [-0.39, 0.29) is 5.91 Å². The third-order valence-corrected chi connectivity index (χ3v) is 3.54.